The van der Waals surface area contributed by atoms with Gasteiger partial charge in [0.25, 0.3) is 0 Å². The van der Waals surface area contributed by atoms with Crippen LogP contribution in [0.25, 0.3) is 0 Å². The lowest BCUT2D eigenvalue weighted by Crippen LogP contribution is -2.57. The molecule has 3 amide bonds. The van der Waals surface area contributed by atoms with E-state index in [1.807, 2.05) is 0 Å². The predicted octanol–water partition coefficient (Wildman–Crippen LogP) is -3.51. The summed E-state index contributed by atoms with van der Waals surface area (Å²) in [7, 11) is 0. The highest BCUT2D eigenvalue weighted by molar-refractivity contribution is 7.98. The highest BCUT2D eigenvalue weighted by Gasteiger charge is 2.28. The maximum atomic E-state index is 12.6. The molecule has 0 rings (SSSR count). The zero-order chi connectivity index (χ0) is 23.1. The van der Waals surface area contributed by atoms with E-state index < -0.39 is 48.4 Å². The third kappa shape index (κ3) is 11.4. The van der Waals surface area contributed by atoms with E-state index in [1.165, 1.54) is 11.8 Å². The molecule has 0 saturated heterocycles. The number of nitrogens with two attached hydrogens (primary N) is 2. The smallest absolute Gasteiger partial charge is 0.326 e. The Bertz CT molecular complexity index is 607. The van der Waals surface area contributed by atoms with Crippen molar-refractivity contribution >= 4 is 41.4 Å². The molecular weight excluding hydrogens is 418 g/mol. The van der Waals surface area contributed by atoms with Gasteiger partial charge in [0.1, 0.15) is 18.1 Å². The van der Waals surface area contributed by atoms with Crippen LogP contribution in [0.5, 0.6) is 0 Å². The summed E-state index contributed by atoms with van der Waals surface area (Å²) >= 11 is 1.42. The van der Waals surface area contributed by atoms with Crippen molar-refractivity contribution in [2.24, 2.45) is 11.5 Å². The van der Waals surface area contributed by atoms with Crippen LogP contribution in [0.4, 0.5) is 0 Å². The summed E-state index contributed by atoms with van der Waals surface area (Å²) in [5.41, 5.74) is 10.3. The fourth-order valence-electron chi connectivity index (χ4n) is 2.28. The van der Waals surface area contributed by atoms with E-state index in [0.717, 1.165) is 0 Å². The molecule has 0 heterocycles. The number of rotatable bonds is 15. The van der Waals surface area contributed by atoms with Crippen LogP contribution in [0.3, 0.4) is 0 Å². The van der Waals surface area contributed by atoms with E-state index in [1.54, 1.807) is 6.26 Å². The molecule has 0 radical (unpaired) electrons. The highest BCUT2D eigenvalue weighted by Crippen LogP contribution is 2.04. The number of hydrogen-bond acceptors (Lipinski definition) is 8. The maximum absolute atomic E-state index is 12.6. The van der Waals surface area contributed by atoms with Gasteiger partial charge in [0.15, 0.2) is 5.96 Å². The lowest BCUT2D eigenvalue weighted by Gasteiger charge is -2.23. The Morgan fingerprint density at radius 2 is 1.63 bits per heavy atom. The Morgan fingerprint density at radius 3 is 2.13 bits per heavy atom. The van der Waals surface area contributed by atoms with Gasteiger partial charge in [-0.1, -0.05) is 0 Å². The Hall–Kier alpha value is -2.58. The van der Waals surface area contributed by atoms with Crippen molar-refractivity contribution < 1.29 is 29.4 Å². The van der Waals surface area contributed by atoms with Crippen molar-refractivity contribution in [1.82, 2.24) is 21.3 Å². The first-order valence-electron chi connectivity index (χ1n) is 9.16. The normalized spacial score (nSPS) is 13.4. The van der Waals surface area contributed by atoms with Crippen molar-refractivity contribution in [1.29, 1.82) is 5.41 Å². The molecule has 0 aliphatic heterocycles. The average Bonchev–Trinajstić information content (AvgIpc) is 2.70. The van der Waals surface area contributed by atoms with Crippen LogP contribution in [-0.2, 0) is 19.2 Å². The third-order valence-corrected chi connectivity index (χ3v) is 4.51. The van der Waals surface area contributed by atoms with Crippen molar-refractivity contribution in [3.05, 3.63) is 0 Å². The summed E-state index contributed by atoms with van der Waals surface area (Å²) in [5, 5.41) is 35.3. The Balaban J connectivity index is 5.04. The van der Waals surface area contributed by atoms with Gasteiger partial charge in [0.2, 0.25) is 17.7 Å². The molecule has 172 valence electrons. The second kappa shape index (κ2) is 15.3. The number of hydrogen-bond donors (Lipinski definition) is 9. The van der Waals surface area contributed by atoms with Gasteiger partial charge in [0.05, 0.1) is 13.2 Å². The molecule has 0 saturated carbocycles. The summed E-state index contributed by atoms with van der Waals surface area (Å²) in [6.45, 7) is -0.811. The van der Waals surface area contributed by atoms with Crippen LogP contribution < -0.4 is 32.7 Å². The minimum absolute atomic E-state index is 0.0797. The van der Waals surface area contributed by atoms with E-state index in [9.17, 15) is 29.4 Å². The number of carbonyl (C=O) groups excluding carboxylic acids is 3. The van der Waals surface area contributed by atoms with Crippen molar-refractivity contribution in [2.75, 3.05) is 31.7 Å². The van der Waals surface area contributed by atoms with Gasteiger partial charge in [0, 0.05) is 6.54 Å². The first-order chi connectivity index (χ1) is 14.2. The first kappa shape index (κ1) is 27.4. The molecule has 0 unspecified atom stereocenters. The average molecular weight is 450 g/mol. The fraction of sp³-hybridized carbons (Fsp3) is 0.688. The number of guanidine groups is 1. The van der Waals surface area contributed by atoms with Crippen LogP contribution in [0.15, 0.2) is 0 Å². The number of aliphatic hydroxyl groups excluding tert-OH is 1. The molecule has 14 heteroatoms. The molecule has 0 aromatic rings. The minimum atomic E-state index is -1.29. The first-order valence-corrected chi connectivity index (χ1v) is 10.6. The van der Waals surface area contributed by atoms with Crippen LogP contribution in [0, 0.1) is 5.41 Å². The summed E-state index contributed by atoms with van der Waals surface area (Å²) in [5.74, 6) is -3.14. The number of carbonyl (C=O) groups is 4. The van der Waals surface area contributed by atoms with Gasteiger partial charge in [-0.3, -0.25) is 19.8 Å². The molecule has 3 atom stereocenters. The van der Waals surface area contributed by atoms with Gasteiger partial charge >= 0.3 is 5.97 Å². The van der Waals surface area contributed by atoms with Gasteiger partial charge < -0.3 is 42.9 Å². The Morgan fingerprint density at radius 1 is 1.03 bits per heavy atom. The largest absolute Gasteiger partial charge is 0.480 e. The van der Waals surface area contributed by atoms with E-state index >= 15 is 0 Å². The fourth-order valence-corrected chi connectivity index (χ4v) is 2.75. The summed E-state index contributed by atoms with van der Waals surface area (Å²) in [6.07, 6.45) is 2.42. The second-order valence-electron chi connectivity index (χ2n) is 6.23. The number of carboxylic acids is 1. The quantitative estimate of drug-likeness (QED) is 0.0679. The number of aliphatic hydroxyl groups is 1. The van der Waals surface area contributed by atoms with E-state index in [4.69, 9.17) is 16.9 Å². The molecule has 0 fully saturated rings. The number of nitrogens with one attached hydrogen (secondary N) is 5. The third-order valence-electron chi connectivity index (χ3n) is 3.86. The number of aliphatic carboxylic acids is 1. The van der Waals surface area contributed by atoms with Crippen molar-refractivity contribution in [3.63, 3.8) is 0 Å². The predicted molar refractivity (Wildman–Crippen MR) is 112 cm³/mol. The van der Waals surface area contributed by atoms with Crippen LogP contribution in [0.2, 0.25) is 0 Å². The second-order valence-corrected chi connectivity index (χ2v) is 7.22. The van der Waals surface area contributed by atoms with Gasteiger partial charge in [-0.15, -0.1) is 0 Å². The SMILES string of the molecule is CSCC[C@H](NC(=O)[C@H](CO)NC(=O)CN)C(=O)N[C@@H](CCCNC(=N)N)C(=O)O. The minimum Gasteiger partial charge on any atom is -0.480 e. The standard InChI is InChI=1S/C16H31N7O6S/c1-30-6-4-9(22-14(27)11(8-24)21-12(25)7-17)13(26)23-10(15(28)29)3-2-5-20-16(18)19/h9-11,24H,2-8,17H2,1H3,(H,21,25)(H,22,27)(H,23,26)(H,28,29)(H4,18,19,20)/t9-,10-,11-/m0/s1. The lowest BCUT2D eigenvalue weighted by molar-refractivity contribution is -0.142. The molecular formula is C16H31N7O6S. The number of amides is 3. The molecule has 0 bridgehead atoms. The maximum Gasteiger partial charge on any atom is 0.326 e. The van der Waals surface area contributed by atoms with E-state index in [2.05, 4.69) is 21.3 Å². The number of thioether (sulfide) groups is 1. The molecule has 0 aliphatic rings. The van der Waals surface area contributed by atoms with Crippen LogP contribution >= 0.6 is 11.8 Å². The van der Waals surface area contributed by atoms with Crippen LogP contribution in [0.1, 0.15) is 19.3 Å². The summed E-state index contributed by atoms with van der Waals surface area (Å²) in [6, 6.07) is -3.56. The lowest BCUT2D eigenvalue weighted by atomic mass is 10.1. The Kier molecular flexibility index (Phi) is 14.0. The molecule has 0 aromatic heterocycles. The van der Waals surface area contributed by atoms with Crippen LogP contribution in [-0.4, -0.2) is 89.7 Å². The van der Waals surface area contributed by atoms with Crippen molar-refractivity contribution in [3.8, 4) is 0 Å². The molecule has 11 N–H and O–H groups in total. The summed E-state index contributed by atoms with van der Waals surface area (Å²) < 4.78 is 0. The number of carboxylic acid groups (broad SMARTS) is 1. The topological polar surface area (TPSA) is 233 Å². The molecule has 30 heavy (non-hydrogen) atoms. The van der Waals surface area contributed by atoms with Crippen molar-refractivity contribution in [2.45, 2.75) is 37.4 Å². The summed E-state index contributed by atoms with van der Waals surface area (Å²) in [4.78, 5) is 47.7. The monoisotopic (exact) mass is 449 g/mol. The molecule has 13 nitrogen and oxygen atoms in total. The van der Waals surface area contributed by atoms with E-state index in [-0.39, 0.29) is 31.9 Å². The van der Waals surface area contributed by atoms with Gasteiger partial charge in [-0.2, -0.15) is 11.8 Å². The molecule has 0 spiro atoms. The Labute approximate surface area is 178 Å². The highest BCUT2D eigenvalue weighted by atomic mass is 32.2. The zero-order valence-corrected chi connectivity index (χ0v) is 17.6. The van der Waals surface area contributed by atoms with E-state index in [0.29, 0.717) is 12.2 Å². The van der Waals surface area contributed by atoms with Gasteiger partial charge in [-0.05, 0) is 31.3 Å². The molecule has 0 aromatic carbocycles. The zero-order valence-electron chi connectivity index (χ0n) is 16.8. The molecule has 0 aliphatic carbocycles. The van der Waals surface area contributed by atoms with Gasteiger partial charge in [-0.25, -0.2) is 4.79 Å².